The highest BCUT2D eigenvalue weighted by molar-refractivity contribution is 7.15. The fraction of sp³-hybridized carbons (Fsp3) is 0.143. The van der Waals surface area contributed by atoms with E-state index in [0.717, 1.165) is 21.9 Å². The van der Waals surface area contributed by atoms with E-state index in [0.29, 0.717) is 24.1 Å². The van der Waals surface area contributed by atoms with Crippen LogP contribution < -0.4 is 5.32 Å². The van der Waals surface area contributed by atoms with E-state index in [1.165, 1.54) is 17.4 Å². The summed E-state index contributed by atoms with van der Waals surface area (Å²) in [6.45, 7) is 1.97. The molecule has 6 heteroatoms. The van der Waals surface area contributed by atoms with Gasteiger partial charge in [0, 0.05) is 34.9 Å². The van der Waals surface area contributed by atoms with Gasteiger partial charge < -0.3 is 5.32 Å². The molecule has 0 fully saturated rings. The molecule has 4 aromatic rings. The second kappa shape index (κ2) is 7.32. The molecule has 2 aromatic carbocycles. The molecule has 0 bridgehead atoms. The van der Waals surface area contributed by atoms with Gasteiger partial charge in [-0.25, -0.2) is 9.37 Å². The molecule has 0 aliphatic carbocycles. The van der Waals surface area contributed by atoms with Crippen LogP contribution in [0.2, 0.25) is 0 Å². The van der Waals surface area contributed by atoms with E-state index in [9.17, 15) is 9.18 Å². The molecule has 4 rings (SSSR count). The van der Waals surface area contributed by atoms with Crippen molar-refractivity contribution in [3.05, 3.63) is 77.2 Å². The first-order valence-corrected chi connectivity index (χ1v) is 9.55. The van der Waals surface area contributed by atoms with E-state index < -0.39 is 0 Å². The van der Waals surface area contributed by atoms with Gasteiger partial charge in [0.1, 0.15) is 5.82 Å². The Morgan fingerprint density at radius 1 is 1.19 bits per heavy atom. The minimum absolute atomic E-state index is 0.0295. The fourth-order valence-electron chi connectivity index (χ4n) is 2.98. The third kappa shape index (κ3) is 3.61. The number of aryl methyl sites for hydroxylation is 2. The molecular formula is C21H18FN3OS. The number of nitrogens with one attached hydrogen (secondary N) is 1. The second-order valence-electron chi connectivity index (χ2n) is 6.35. The van der Waals surface area contributed by atoms with E-state index in [2.05, 4.69) is 10.3 Å². The topological polar surface area (TPSA) is 46.4 Å². The van der Waals surface area contributed by atoms with Gasteiger partial charge in [0.25, 0.3) is 0 Å². The van der Waals surface area contributed by atoms with Crippen molar-refractivity contribution in [1.29, 1.82) is 0 Å². The molecule has 2 aromatic heterocycles. The number of aromatic nitrogens is 2. The summed E-state index contributed by atoms with van der Waals surface area (Å²) in [5.41, 5.74) is 3.95. The second-order valence-corrected chi connectivity index (χ2v) is 7.19. The first-order valence-electron chi connectivity index (χ1n) is 8.67. The van der Waals surface area contributed by atoms with Crippen molar-refractivity contribution < 1.29 is 9.18 Å². The lowest BCUT2D eigenvalue weighted by Gasteiger charge is -2.07. The summed E-state index contributed by atoms with van der Waals surface area (Å²) in [4.78, 5) is 17.6. The van der Waals surface area contributed by atoms with E-state index in [4.69, 9.17) is 0 Å². The first kappa shape index (κ1) is 17.4. The number of imidazole rings is 1. The molecule has 0 spiro atoms. The highest BCUT2D eigenvalue weighted by Gasteiger charge is 2.13. The van der Waals surface area contributed by atoms with Crippen LogP contribution in [0.25, 0.3) is 16.2 Å². The average molecular weight is 379 g/mol. The SMILES string of the molecule is Cc1ccccc1NC(=O)CCc1csc2nc(-c3ccccc3F)cn12. The summed E-state index contributed by atoms with van der Waals surface area (Å²) in [5, 5.41) is 4.94. The van der Waals surface area contributed by atoms with E-state index >= 15 is 0 Å². The maximum atomic E-state index is 14.0. The standard InChI is InChI=1S/C21H18FN3OS/c1-14-6-2-5-9-18(14)23-20(26)11-10-15-13-27-21-24-19(12-25(15)21)16-7-3-4-8-17(16)22/h2-9,12-13H,10-11H2,1H3,(H,23,26). The van der Waals surface area contributed by atoms with Crippen molar-refractivity contribution in [3.8, 4) is 11.3 Å². The Balaban J connectivity index is 1.49. The van der Waals surface area contributed by atoms with Crippen molar-refractivity contribution in [2.24, 2.45) is 0 Å². The third-order valence-electron chi connectivity index (χ3n) is 4.46. The number of nitrogens with zero attached hydrogens (tertiary/aromatic N) is 2. The Hall–Kier alpha value is -2.99. The van der Waals surface area contributed by atoms with Gasteiger partial charge in [0.15, 0.2) is 4.96 Å². The minimum atomic E-state index is -0.289. The number of anilines is 1. The smallest absolute Gasteiger partial charge is 0.224 e. The van der Waals surface area contributed by atoms with Crippen LogP contribution in [0, 0.1) is 12.7 Å². The minimum Gasteiger partial charge on any atom is -0.326 e. The molecule has 0 aliphatic heterocycles. The van der Waals surface area contributed by atoms with Gasteiger partial charge in [-0.2, -0.15) is 0 Å². The predicted octanol–water partition coefficient (Wildman–Crippen LogP) is 5.08. The zero-order valence-corrected chi connectivity index (χ0v) is 15.6. The van der Waals surface area contributed by atoms with Gasteiger partial charge in [-0.1, -0.05) is 30.3 Å². The third-order valence-corrected chi connectivity index (χ3v) is 5.35. The molecule has 0 aliphatic rings. The van der Waals surface area contributed by atoms with Gasteiger partial charge in [-0.05, 0) is 37.1 Å². The Morgan fingerprint density at radius 3 is 2.78 bits per heavy atom. The monoisotopic (exact) mass is 379 g/mol. The van der Waals surface area contributed by atoms with Gasteiger partial charge in [0.2, 0.25) is 5.91 Å². The Bertz CT molecular complexity index is 1120. The maximum absolute atomic E-state index is 14.0. The number of carbonyl (C=O) groups is 1. The number of halogens is 1. The van der Waals surface area contributed by atoms with Crippen LogP contribution in [-0.4, -0.2) is 15.3 Å². The number of carbonyl (C=O) groups excluding carboxylic acids is 1. The Labute approximate surface area is 160 Å². The average Bonchev–Trinajstić information content (AvgIpc) is 3.23. The van der Waals surface area contributed by atoms with Gasteiger partial charge >= 0.3 is 0 Å². The summed E-state index contributed by atoms with van der Waals surface area (Å²) >= 11 is 1.49. The predicted molar refractivity (Wildman–Crippen MR) is 107 cm³/mol. The zero-order valence-electron chi connectivity index (χ0n) is 14.8. The summed E-state index contributed by atoms with van der Waals surface area (Å²) in [7, 11) is 0. The number of hydrogen-bond acceptors (Lipinski definition) is 3. The largest absolute Gasteiger partial charge is 0.326 e. The quantitative estimate of drug-likeness (QED) is 0.525. The molecule has 2 heterocycles. The fourth-order valence-corrected chi connectivity index (χ4v) is 3.88. The number of rotatable bonds is 5. The van der Waals surface area contributed by atoms with E-state index in [1.807, 2.05) is 47.2 Å². The number of para-hydroxylation sites is 1. The van der Waals surface area contributed by atoms with Crippen molar-refractivity contribution in [1.82, 2.24) is 9.38 Å². The number of thiazole rings is 1. The number of fused-ring (bicyclic) bond motifs is 1. The van der Waals surface area contributed by atoms with E-state index in [1.54, 1.807) is 18.2 Å². The van der Waals surface area contributed by atoms with Crippen LogP contribution in [0.1, 0.15) is 17.7 Å². The van der Waals surface area contributed by atoms with Crippen molar-refractivity contribution in [2.75, 3.05) is 5.32 Å². The van der Waals surface area contributed by atoms with E-state index in [-0.39, 0.29) is 11.7 Å². The highest BCUT2D eigenvalue weighted by atomic mass is 32.1. The zero-order chi connectivity index (χ0) is 18.8. The van der Waals surface area contributed by atoms with Gasteiger partial charge in [0.05, 0.1) is 5.69 Å². The highest BCUT2D eigenvalue weighted by Crippen LogP contribution is 2.26. The van der Waals surface area contributed by atoms with Crippen molar-refractivity contribution in [2.45, 2.75) is 19.8 Å². The van der Waals surface area contributed by atoms with Crippen LogP contribution in [0.4, 0.5) is 10.1 Å². The van der Waals surface area contributed by atoms with Crippen LogP contribution in [0.15, 0.2) is 60.1 Å². The molecule has 0 radical (unpaired) electrons. The maximum Gasteiger partial charge on any atom is 0.224 e. The summed E-state index contributed by atoms with van der Waals surface area (Å²) in [6.07, 6.45) is 2.79. The van der Waals surface area contributed by atoms with Crippen LogP contribution >= 0.6 is 11.3 Å². The Kier molecular flexibility index (Phi) is 4.73. The van der Waals surface area contributed by atoms with Gasteiger partial charge in [-0.15, -0.1) is 11.3 Å². The number of benzene rings is 2. The van der Waals surface area contributed by atoms with Crippen LogP contribution in [0.5, 0.6) is 0 Å². The molecule has 0 unspecified atom stereocenters. The first-order chi connectivity index (χ1) is 13.1. The summed E-state index contributed by atoms with van der Waals surface area (Å²) in [5.74, 6) is -0.319. The molecule has 0 saturated carbocycles. The summed E-state index contributed by atoms with van der Waals surface area (Å²) < 4.78 is 15.9. The van der Waals surface area contributed by atoms with Crippen LogP contribution in [-0.2, 0) is 11.2 Å². The molecule has 0 atom stereocenters. The lowest BCUT2D eigenvalue weighted by atomic mass is 10.1. The molecular weight excluding hydrogens is 361 g/mol. The molecule has 27 heavy (non-hydrogen) atoms. The normalized spacial score (nSPS) is 11.0. The molecule has 4 nitrogen and oxygen atoms in total. The van der Waals surface area contributed by atoms with Crippen LogP contribution in [0.3, 0.4) is 0 Å². The molecule has 0 saturated heterocycles. The molecule has 136 valence electrons. The summed E-state index contributed by atoms with van der Waals surface area (Å²) in [6, 6.07) is 14.3. The Morgan fingerprint density at radius 2 is 1.96 bits per heavy atom. The van der Waals surface area contributed by atoms with Crippen molar-refractivity contribution >= 4 is 27.9 Å². The van der Waals surface area contributed by atoms with Gasteiger partial charge in [-0.3, -0.25) is 9.20 Å². The number of amides is 1. The lowest BCUT2D eigenvalue weighted by molar-refractivity contribution is -0.116. The lowest BCUT2D eigenvalue weighted by Crippen LogP contribution is -2.13. The molecule has 1 amide bonds. The van der Waals surface area contributed by atoms with Crippen molar-refractivity contribution in [3.63, 3.8) is 0 Å². The number of hydrogen-bond donors (Lipinski definition) is 1. The molecule has 1 N–H and O–H groups in total.